The summed E-state index contributed by atoms with van der Waals surface area (Å²) in [4.78, 5) is 0. The number of alkyl halides is 1. The first kappa shape index (κ1) is 13.9. The van der Waals surface area contributed by atoms with Crippen LogP contribution in [0.3, 0.4) is 0 Å². The van der Waals surface area contributed by atoms with Crippen molar-refractivity contribution in [2.75, 3.05) is 0 Å². The molecule has 2 rings (SSSR count). The maximum atomic E-state index is 6.31. The van der Waals surface area contributed by atoms with E-state index in [2.05, 4.69) is 28.0 Å². The molecule has 2 aromatic rings. The molecule has 0 spiro atoms. The van der Waals surface area contributed by atoms with Gasteiger partial charge in [-0.2, -0.15) is 5.10 Å². The Labute approximate surface area is 125 Å². The van der Waals surface area contributed by atoms with Crippen molar-refractivity contribution in [3.63, 3.8) is 0 Å². The maximum Gasteiger partial charge on any atom is 0.132 e. The lowest BCUT2D eigenvalue weighted by Crippen LogP contribution is -2.03. The van der Waals surface area contributed by atoms with E-state index < -0.39 is 0 Å². The van der Waals surface area contributed by atoms with Crippen molar-refractivity contribution in [3.8, 4) is 0 Å². The minimum absolute atomic E-state index is 0.401. The second kappa shape index (κ2) is 6.09. The molecule has 1 aromatic carbocycles. The number of nitrogens with zero attached hydrogens (tertiary/aromatic N) is 2. The van der Waals surface area contributed by atoms with E-state index in [0.29, 0.717) is 17.6 Å². The highest BCUT2D eigenvalue weighted by atomic mass is 79.9. The number of aryl methyl sites for hydroxylation is 1. The van der Waals surface area contributed by atoms with Crippen LogP contribution in [-0.4, -0.2) is 9.78 Å². The summed E-state index contributed by atoms with van der Waals surface area (Å²) in [6.07, 6.45) is 0.838. The summed E-state index contributed by atoms with van der Waals surface area (Å²) in [7, 11) is 0. The van der Waals surface area contributed by atoms with Gasteiger partial charge in [-0.3, -0.25) is 0 Å². The van der Waals surface area contributed by atoms with Gasteiger partial charge in [-0.15, -0.1) is 11.6 Å². The van der Waals surface area contributed by atoms with Gasteiger partial charge in [-0.25, -0.2) is 4.68 Å². The number of rotatable bonds is 4. The second-order valence-corrected chi connectivity index (χ2v) is 5.43. The van der Waals surface area contributed by atoms with E-state index in [9.17, 15) is 0 Å². The van der Waals surface area contributed by atoms with Crippen LogP contribution in [0.25, 0.3) is 0 Å². The molecule has 0 aliphatic heterocycles. The average Bonchev–Trinajstić information content (AvgIpc) is 2.68. The number of benzene rings is 1. The first-order valence-corrected chi connectivity index (χ1v) is 7.41. The van der Waals surface area contributed by atoms with Gasteiger partial charge >= 0.3 is 0 Å². The zero-order valence-electron chi connectivity index (χ0n) is 9.96. The zero-order chi connectivity index (χ0) is 13.1. The number of hydrogen-bond donors (Lipinski definition) is 0. The number of hydrogen-bond acceptors (Lipinski definition) is 1. The maximum absolute atomic E-state index is 6.31. The van der Waals surface area contributed by atoms with Crippen molar-refractivity contribution in [1.29, 1.82) is 0 Å². The Morgan fingerprint density at radius 3 is 2.61 bits per heavy atom. The van der Waals surface area contributed by atoms with E-state index in [1.807, 2.05) is 24.3 Å². The smallest absolute Gasteiger partial charge is 0.132 e. The van der Waals surface area contributed by atoms with Crippen LogP contribution in [-0.2, 0) is 18.8 Å². The second-order valence-electron chi connectivity index (χ2n) is 3.95. The van der Waals surface area contributed by atoms with Crippen LogP contribution in [0.2, 0.25) is 5.15 Å². The predicted molar refractivity (Wildman–Crippen MR) is 79.4 cm³/mol. The zero-order valence-corrected chi connectivity index (χ0v) is 13.1. The lowest BCUT2D eigenvalue weighted by Gasteiger charge is -2.05. The van der Waals surface area contributed by atoms with E-state index in [1.54, 1.807) is 4.68 Å². The Morgan fingerprint density at radius 1 is 1.33 bits per heavy atom. The largest absolute Gasteiger partial charge is 0.249 e. The van der Waals surface area contributed by atoms with Crippen LogP contribution < -0.4 is 0 Å². The Kier molecular flexibility index (Phi) is 4.71. The first-order chi connectivity index (χ1) is 8.67. The third kappa shape index (κ3) is 2.73. The van der Waals surface area contributed by atoms with E-state index in [4.69, 9.17) is 23.2 Å². The lowest BCUT2D eigenvalue weighted by atomic mass is 10.2. The molecule has 0 saturated heterocycles. The van der Waals surface area contributed by atoms with Gasteiger partial charge in [-0.05, 0) is 18.1 Å². The Balaban J connectivity index is 2.35. The highest BCUT2D eigenvalue weighted by Crippen LogP contribution is 2.25. The summed E-state index contributed by atoms with van der Waals surface area (Å²) in [6.45, 7) is 2.70. The third-order valence-corrected chi connectivity index (χ3v) is 4.28. The monoisotopic (exact) mass is 346 g/mol. The van der Waals surface area contributed by atoms with Crippen molar-refractivity contribution in [2.45, 2.75) is 25.8 Å². The van der Waals surface area contributed by atoms with Crippen molar-refractivity contribution < 1.29 is 0 Å². The normalized spacial score (nSPS) is 10.9. The molecule has 2 nitrogen and oxygen atoms in total. The molecule has 0 N–H and O–H groups in total. The molecule has 18 heavy (non-hydrogen) atoms. The first-order valence-electron chi connectivity index (χ1n) is 5.70. The van der Waals surface area contributed by atoms with E-state index in [1.165, 1.54) is 0 Å². The minimum atomic E-state index is 0.401. The van der Waals surface area contributed by atoms with Gasteiger partial charge in [0.25, 0.3) is 0 Å². The average molecular weight is 348 g/mol. The van der Waals surface area contributed by atoms with Crippen molar-refractivity contribution in [2.24, 2.45) is 0 Å². The SMILES string of the molecule is CCc1nn(Cc2ccccc2Br)c(Cl)c1CCl. The molecule has 0 radical (unpaired) electrons. The molecule has 1 aromatic heterocycles. The fourth-order valence-corrected chi connectivity index (χ4v) is 2.87. The van der Waals surface area contributed by atoms with Crippen LogP contribution in [0.5, 0.6) is 0 Å². The van der Waals surface area contributed by atoms with Gasteiger partial charge in [0.1, 0.15) is 5.15 Å². The minimum Gasteiger partial charge on any atom is -0.249 e. The molecule has 0 bridgehead atoms. The molecule has 1 heterocycles. The summed E-state index contributed by atoms with van der Waals surface area (Å²) >= 11 is 15.8. The summed E-state index contributed by atoms with van der Waals surface area (Å²) in [5, 5.41) is 5.15. The molecule has 0 amide bonds. The Bertz CT molecular complexity index is 552. The van der Waals surface area contributed by atoms with Gasteiger partial charge in [0.15, 0.2) is 0 Å². The van der Waals surface area contributed by atoms with Crippen LogP contribution in [0.1, 0.15) is 23.7 Å². The fraction of sp³-hybridized carbons (Fsp3) is 0.308. The summed E-state index contributed by atoms with van der Waals surface area (Å²) in [5.41, 5.74) is 3.06. The quantitative estimate of drug-likeness (QED) is 0.736. The molecular formula is C13H13BrCl2N2. The Hall–Kier alpha value is -0.510. The highest BCUT2D eigenvalue weighted by molar-refractivity contribution is 9.10. The number of halogens is 3. The van der Waals surface area contributed by atoms with Gasteiger partial charge < -0.3 is 0 Å². The molecule has 0 saturated carbocycles. The van der Waals surface area contributed by atoms with Gasteiger partial charge in [-0.1, -0.05) is 52.7 Å². The predicted octanol–water partition coefficient (Wildman–Crippen LogP) is 4.65. The number of aromatic nitrogens is 2. The van der Waals surface area contributed by atoms with Crippen LogP contribution in [0, 0.1) is 0 Å². The van der Waals surface area contributed by atoms with Crippen molar-refractivity contribution in [3.05, 3.63) is 50.7 Å². The van der Waals surface area contributed by atoms with Gasteiger partial charge in [0, 0.05) is 10.0 Å². The highest BCUT2D eigenvalue weighted by Gasteiger charge is 2.14. The molecule has 96 valence electrons. The summed E-state index contributed by atoms with van der Waals surface area (Å²) in [5.74, 6) is 0.401. The fourth-order valence-electron chi connectivity index (χ4n) is 1.83. The van der Waals surface area contributed by atoms with Gasteiger partial charge in [0.05, 0.1) is 18.1 Å². The molecule has 0 unspecified atom stereocenters. The van der Waals surface area contributed by atoms with Crippen molar-refractivity contribution in [1.82, 2.24) is 9.78 Å². The standard InChI is InChI=1S/C13H13BrCl2N2/c1-2-12-10(7-15)13(16)18(17-12)8-9-5-3-4-6-11(9)14/h3-6H,2,7-8H2,1H3. The molecule has 0 atom stereocenters. The molecule has 5 heteroatoms. The Morgan fingerprint density at radius 2 is 2.06 bits per heavy atom. The van der Waals surface area contributed by atoms with E-state index in [0.717, 1.165) is 27.7 Å². The third-order valence-electron chi connectivity index (χ3n) is 2.81. The topological polar surface area (TPSA) is 17.8 Å². The molecule has 0 fully saturated rings. The van der Waals surface area contributed by atoms with E-state index >= 15 is 0 Å². The molecule has 0 aliphatic carbocycles. The van der Waals surface area contributed by atoms with Crippen LogP contribution in [0.4, 0.5) is 0 Å². The van der Waals surface area contributed by atoms with Crippen LogP contribution in [0.15, 0.2) is 28.7 Å². The van der Waals surface area contributed by atoms with Crippen molar-refractivity contribution >= 4 is 39.1 Å². The summed E-state index contributed by atoms with van der Waals surface area (Å²) in [6, 6.07) is 8.05. The molecular weight excluding hydrogens is 335 g/mol. The summed E-state index contributed by atoms with van der Waals surface area (Å²) < 4.78 is 2.86. The molecule has 0 aliphatic rings. The van der Waals surface area contributed by atoms with Crippen LogP contribution >= 0.6 is 39.1 Å². The van der Waals surface area contributed by atoms with Gasteiger partial charge in [0.2, 0.25) is 0 Å². The lowest BCUT2D eigenvalue weighted by molar-refractivity contribution is 0.672. The van der Waals surface area contributed by atoms with E-state index in [-0.39, 0.29) is 0 Å².